The first-order valence-corrected chi connectivity index (χ1v) is 8.08. The van der Waals surface area contributed by atoms with Crippen molar-refractivity contribution in [2.75, 3.05) is 24.3 Å². The fourth-order valence-electron chi connectivity index (χ4n) is 1.91. The lowest BCUT2D eigenvalue weighted by atomic mass is 10.2. The van der Waals surface area contributed by atoms with Gasteiger partial charge >= 0.3 is 0 Å². The average Bonchev–Trinajstić information content (AvgIpc) is 2.39. The molecule has 1 N–H and O–H groups in total. The standard InChI is InChI=1S/C15H15Br2ClN2/c1-20(2)15-6-4-12(17)8-14(15)19-9-10-7-11(16)3-5-13(10)18/h3-8,19H,9H2,1-2H3. The van der Waals surface area contributed by atoms with E-state index < -0.39 is 0 Å². The molecule has 2 aromatic carbocycles. The third-order valence-electron chi connectivity index (χ3n) is 2.92. The van der Waals surface area contributed by atoms with Crippen LogP contribution in [0.25, 0.3) is 0 Å². The van der Waals surface area contributed by atoms with Crippen LogP contribution < -0.4 is 10.2 Å². The molecular weight excluding hydrogens is 403 g/mol. The summed E-state index contributed by atoms with van der Waals surface area (Å²) in [5, 5.41) is 4.21. The van der Waals surface area contributed by atoms with E-state index >= 15 is 0 Å². The van der Waals surface area contributed by atoms with Gasteiger partial charge in [0.1, 0.15) is 0 Å². The average molecular weight is 419 g/mol. The van der Waals surface area contributed by atoms with Crippen LogP contribution in [0.1, 0.15) is 5.56 Å². The third kappa shape index (κ3) is 3.90. The van der Waals surface area contributed by atoms with Gasteiger partial charge in [0.25, 0.3) is 0 Å². The largest absolute Gasteiger partial charge is 0.379 e. The molecule has 0 unspecified atom stereocenters. The molecule has 0 fully saturated rings. The Morgan fingerprint density at radius 2 is 1.70 bits per heavy atom. The molecule has 2 nitrogen and oxygen atoms in total. The minimum atomic E-state index is 0.676. The number of hydrogen-bond acceptors (Lipinski definition) is 2. The van der Waals surface area contributed by atoms with Crippen LogP contribution in [0, 0.1) is 0 Å². The number of nitrogens with zero attached hydrogens (tertiary/aromatic N) is 1. The van der Waals surface area contributed by atoms with Crippen molar-refractivity contribution in [3.63, 3.8) is 0 Å². The Morgan fingerprint density at radius 3 is 2.40 bits per heavy atom. The van der Waals surface area contributed by atoms with E-state index in [-0.39, 0.29) is 0 Å². The number of nitrogens with one attached hydrogen (secondary N) is 1. The second-order valence-electron chi connectivity index (χ2n) is 4.65. The zero-order chi connectivity index (χ0) is 14.7. The summed E-state index contributed by atoms with van der Waals surface area (Å²) in [4.78, 5) is 2.08. The monoisotopic (exact) mass is 416 g/mol. The molecule has 2 rings (SSSR count). The van der Waals surface area contributed by atoms with Crippen molar-refractivity contribution >= 4 is 54.8 Å². The lowest BCUT2D eigenvalue weighted by Gasteiger charge is -2.19. The van der Waals surface area contributed by atoms with Crippen LogP contribution in [0.15, 0.2) is 45.3 Å². The zero-order valence-corrected chi connectivity index (χ0v) is 15.2. The van der Waals surface area contributed by atoms with Crippen LogP contribution >= 0.6 is 43.5 Å². The first-order valence-electron chi connectivity index (χ1n) is 6.12. The summed E-state index contributed by atoms with van der Waals surface area (Å²) in [7, 11) is 4.06. The molecule has 2 aromatic rings. The Bertz CT molecular complexity index is 615. The van der Waals surface area contributed by atoms with Crippen molar-refractivity contribution in [1.82, 2.24) is 0 Å². The van der Waals surface area contributed by atoms with E-state index in [2.05, 4.69) is 54.2 Å². The molecular formula is C15H15Br2ClN2. The highest BCUT2D eigenvalue weighted by Gasteiger charge is 2.07. The number of benzene rings is 2. The van der Waals surface area contributed by atoms with E-state index in [0.29, 0.717) is 6.54 Å². The van der Waals surface area contributed by atoms with Crippen LogP contribution in [0.2, 0.25) is 5.02 Å². The van der Waals surface area contributed by atoms with Crippen LogP contribution in [0.4, 0.5) is 11.4 Å². The normalized spacial score (nSPS) is 10.4. The van der Waals surface area contributed by atoms with Crippen molar-refractivity contribution in [1.29, 1.82) is 0 Å². The summed E-state index contributed by atoms with van der Waals surface area (Å²) >= 11 is 13.2. The number of halogens is 3. The molecule has 5 heteroatoms. The highest BCUT2D eigenvalue weighted by Crippen LogP contribution is 2.29. The maximum Gasteiger partial charge on any atom is 0.0597 e. The fraction of sp³-hybridized carbons (Fsp3) is 0.200. The zero-order valence-electron chi connectivity index (χ0n) is 11.3. The van der Waals surface area contributed by atoms with Gasteiger partial charge in [-0.15, -0.1) is 0 Å². The van der Waals surface area contributed by atoms with Gasteiger partial charge in [0, 0.05) is 34.6 Å². The first-order chi connectivity index (χ1) is 9.47. The summed E-state index contributed by atoms with van der Waals surface area (Å²) in [6.07, 6.45) is 0. The third-order valence-corrected chi connectivity index (χ3v) is 4.27. The van der Waals surface area contributed by atoms with E-state index in [9.17, 15) is 0 Å². The minimum Gasteiger partial charge on any atom is -0.379 e. The number of hydrogen-bond donors (Lipinski definition) is 1. The summed E-state index contributed by atoms with van der Waals surface area (Å²) in [6.45, 7) is 0.676. The molecule has 0 saturated carbocycles. The van der Waals surface area contributed by atoms with Gasteiger partial charge in [-0.25, -0.2) is 0 Å². The molecule has 0 aliphatic rings. The van der Waals surface area contributed by atoms with Crippen LogP contribution in [0.3, 0.4) is 0 Å². The van der Waals surface area contributed by atoms with E-state index in [1.165, 1.54) is 0 Å². The van der Waals surface area contributed by atoms with Crippen LogP contribution in [0.5, 0.6) is 0 Å². The van der Waals surface area contributed by atoms with Gasteiger partial charge in [-0.1, -0.05) is 43.5 Å². The molecule has 0 saturated heterocycles. The minimum absolute atomic E-state index is 0.676. The van der Waals surface area contributed by atoms with Crippen LogP contribution in [-0.4, -0.2) is 14.1 Å². The predicted octanol–water partition coefficient (Wildman–Crippen LogP) is 5.54. The molecule has 0 aliphatic heterocycles. The quantitative estimate of drug-likeness (QED) is 0.701. The fourth-order valence-corrected chi connectivity index (χ4v) is 2.86. The van der Waals surface area contributed by atoms with Crippen molar-refractivity contribution in [2.24, 2.45) is 0 Å². The van der Waals surface area contributed by atoms with Crippen molar-refractivity contribution < 1.29 is 0 Å². The topological polar surface area (TPSA) is 15.3 Å². The van der Waals surface area contributed by atoms with Gasteiger partial charge in [-0.2, -0.15) is 0 Å². The second-order valence-corrected chi connectivity index (χ2v) is 6.88. The van der Waals surface area contributed by atoms with E-state index in [1.54, 1.807) is 0 Å². The van der Waals surface area contributed by atoms with Gasteiger partial charge in [0.05, 0.1) is 11.4 Å². The second kappa shape index (κ2) is 6.83. The van der Waals surface area contributed by atoms with Gasteiger partial charge in [0.2, 0.25) is 0 Å². The van der Waals surface area contributed by atoms with Gasteiger partial charge in [-0.05, 0) is 42.0 Å². The Hall–Kier alpha value is -0.710. The lowest BCUT2D eigenvalue weighted by molar-refractivity contribution is 1.10. The SMILES string of the molecule is CN(C)c1ccc(Br)cc1NCc1cc(Br)ccc1Cl. The van der Waals surface area contributed by atoms with Crippen LogP contribution in [-0.2, 0) is 6.54 Å². The van der Waals surface area contributed by atoms with Crippen molar-refractivity contribution in [3.8, 4) is 0 Å². The number of rotatable bonds is 4. The van der Waals surface area contributed by atoms with Gasteiger partial charge in [-0.3, -0.25) is 0 Å². The van der Waals surface area contributed by atoms with Crippen molar-refractivity contribution in [2.45, 2.75) is 6.54 Å². The smallest absolute Gasteiger partial charge is 0.0597 e. The predicted molar refractivity (Wildman–Crippen MR) is 94.9 cm³/mol. The summed E-state index contributed by atoms with van der Waals surface area (Å²) in [5.74, 6) is 0. The maximum absolute atomic E-state index is 6.22. The molecule has 0 aromatic heterocycles. The Balaban J connectivity index is 2.22. The molecule has 0 atom stereocenters. The maximum atomic E-state index is 6.22. The molecule has 20 heavy (non-hydrogen) atoms. The number of anilines is 2. The molecule has 0 aliphatic carbocycles. The van der Waals surface area contributed by atoms with Gasteiger partial charge < -0.3 is 10.2 Å². The summed E-state index contributed by atoms with van der Waals surface area (Å²) in [6, 6.07) is 12.1. The Kier molecular flexibility index (Phi) is 5.35. The molecule has 106 valence electrons. The van der Waals surface area contributed by atoms with E-state index in [4.69, 9.17) is 11.6 Å². The Labute approximate surface area is 141 Å². The van der Waals surface area contributed by atoms with Gasteiger partial charge in [0.15, 0.2) is 0 Å². The Morgan fingerprint density at radius 1 is 1.05 bits per heavy atom. The molecule has 0 amide bonds. The highest BCUT2D eigenvalue weighted by atomic mass is 79.9. The molecule has 0 heterocycles. The summed E-state index contributed by atoms with van der Waals surface area (Å²) < 4.78 is 2.08. The van der Waals surface area contributed by atoms with Crippen molar-refractivity contribution in [3.05, 3.63) is 55.9 Å². The first kappa shape index (κ1) is 15.7. The van der Waals surface area contributed by atoms with E-state index in [1.807, 2.05) is 38.4 Å². The molecule has 0 bridgehead atoms. The molecule has 0 radical (unpaired) electrons. The molecule has 0 spiro atoms. The highest BCUT2D eigenvalue weighted by molar-refractivity contribution is 9.10. The lowest BCUT2D eigenvalue weighted by Crippen LogP contribution is -2.12. The van der Waals surface area contributed by atoms with E-state index in [0.717, 1.165) is 30.9 Å². The summed E-state index contributed by atoms with van der Waals surface area (Å²) in [5.41, 5.74) is 3.27.